The molecular weight excluding hydrogens is 130 g/mol. The zero-order valence-corrected chi connectivity index (χ0v) is 6.91. The van der Waals surface area contributed by atoms with E-state index in [2.05, 4.69) is 0 Å². The molecule has 0 aromatic heterocycles. The van der Waals surface area contributed by atoms with Crippen LogP contribution in [0.15, 0.2) is 0 Å². The SMILES string of the molecule is CC(CO)C(O)CN(C)C. The lowest BCUT2D eigenvalue weighted by Crippen LogP contribution is -2.32. The largest absolute Gasteiger partial charge is 0.396 e. The number of hydrogen-bond acceptors (Lipinski definition) is 3. The van der Waals surface area contributed by atoms with Gasteiger partial charge in [-0.2, -0.15) is 0 Å². The summed E-state index contributed by atoms with van der Waals surface area (Å²) in [5, 5.41) is 17.9. The minimum absolute atomic E-state index is 0.0256. The van der Waals surface area contributed by atoms with Crippen molar-refractivity contribution in [2.24, 2.45) is 5.92 Å². The third kappa shape index (κ3) is 3.82. The Balaban J connectivity index is 3.50. The van der Waals surface area contributed by atoms with E-state index in [1.807, 2.05) is 25.9 Å². The summed E-state index contributed by atoms with van der Waals surface area (Å²) in [6.07, 6.45) is -0.417. The van der Waals surface area contributed by atoms with Crippen LogP contribution in [-0.4, -0.2) is 48.5 Å². The van der Waals surface area contributed by atoms with E-state index in [1.54, 1.807) is 0 Å². The van der Waals surface area contributed by atoms with Crippen molar-refractivity contribution >= 4 is 0 Å². The first-order chi connectivity index (χ1) is 4.57. The zero-order chi connectivity index (χ0) is 8.15. The molecule has 0 saturated carbocycles. The molecule has 0 amide bonds. The molecule has 3 heteroatoms. The van der Waals surface area contributed by atoms with Crippen LogP contribution in [0, 0.1) is 5.92 Å². The second-order valence-corrected chi connectivity index (χ2v) is 2.99. The second-order valence-electron chi connectivity index (χ2n) is 2.99. The molecule has 62 valence electrons. The third-order valence-electron chi connectivity index (χ3n) is 1.50. The van der Waals surface area contributed by atoms with E-state index in [-0.39, 0.29) is 12.5 Å². The van der Waals surface area contributed by atoms with Crippen molar-refractivity contribution in [2.75, 3.05) is 27.2 Å². The Bertz CT molecular complexity index is 85.7. The lowest BCUT2D eigenvalue weighted by molar-refractivity contribution is 0.0566. The van der Waals surface area contributed by atoms with Gasteiger partial charge in [-0.1, -0.05) is 6.92 Å². The Kier molecular flexibility index (Phi) is 4.60. The van der Waals surface area contributed by atoms with Gasteiger partial charge in [0.25, 0.3) is 0 Å². The van der Waals surface area contributed by atoms with Crippen LogP contribution in [-0.2, 0) is 0 Å². The molecule has 0 heterocycles. The Hall–Kier alpha value is -0.120. The molecule has 0 aliphatic carbocycles. The average Bonchev–Trinajstić information content (AvgIpc) is 1.85. The van der Waals surface area contributed by atoms with E-state index in [1.165, 1.54) is 0 Å². The topological polar surface area (TPSA) is 43.7 Å². The van der Waals surface area contributed by atoms with Gasteiger partial charge in [-0.3, -0.25) is 0 Å². The zero-order valence-electron chi connectivity index (χ0n) is 6.91. The van der Waals surface area contributed by atoms with Crippen LogP contribution < -0.4 is 0 Å². The van der Waals surface area contributed by atoms with Gasteiger partial charge in [0, 0.05) is 19.1 Å². The second kappa shape index (κ2) is 4.66. The predicted molar refractivity (Wildman–Crippen MR) is 40.8 cm³/mol. The van der Waals surface area contributed by atoms with Crippen LogP contribution in [0.2, 0.25) is 0 Å². The number of rotatable bonds is 4. The summed E-state index contributed by atoms with van der Waals surface area (Å²) >= 11 is 0. The molecule has 0 spiro atoms. The highest BCUT2D eigenvalue weighted by Crippen LogP contribution is 2.01. The Labute approximate surface area is 62.3 Å². The highest BCUT2D eigenvalue weighted by Gasteiger charge is 2.12. The maximum Gasteiger partial charge on any atom is 0.0714 e. The molecule has 10 heavy (non-hydrogen) atoms. The molecule has 0 aliphatic rings. The van der Waals surface area contributed by atoms with Crippen LogP contribution in [0.1, 0.15) is 6.92 Å². The maximum atomic E-state index is 9.29. The van der Waals surface area contributed by atoms with Crippen LogP contribution in [0.4, 0.5) is 0 Å². The Morgan fingerprint density at radius 1 is 1.40 bits per heavy atom. The normalized spacial score (nSPS) is 17.4. The molecule has 0 rings (SSSR count). The lowest BCUT2D eigenvalue weighted by Gasteiger charge is -2.20. The van der Waals surface area contributed by atoms with Gasteiger partial charge in [0.1, 0.15) is 0 Å². The molecule has 0 aromatic carbocycles. The molecule has 0 bridgehead atoms. The van der Waals surface area contributed by atoms with Gasteiger partial charge in [-0.05, 0) is 14.1 Å². The van der Waals surface area contributed by atoms with Crippen molar-refractivity contribution in [1.29, 1.82) is 0 Å². The van der Waals surface area contributed by atoms with Gasteiger partial charge in [-0.25, -0.2) is 0 Å². The van der Waals surface area contributed by atoms with E-state index < -0.39 is 6.10 Å². The van der Waals surface area contributed by atoms with Crippen LogP contribution in [0.3, 0.4) is 0 Å². The van der Waals surface area contributed by atoms with Crippen molar-refractivity contribution in [2.45, 2.75) is 13.0 Å². The Morgan fingerprint density at radius 2 is 1.90 bits per heavy atom. The highest BCUT2D eigenvalue weighted by molar-refractivity contribution is 4.65. The number of aliphatic hydroxyl groups is 2. The fourth-order valence-corrected chi connectivity index (χ4v) is 0.676. The molecule has 2 N–H and O–H groups in total. The summed E-state index contributed by atoms with van der Waals surface area (Å²) in [4.78, 5) is 1.90. The summed E-state index contributed by atoms with van der Waals surface area (Å²) in [6, 6.07) is 0. The summed E-state index contributed by atoms with van der Waals surface area (Å²) in [6.45, 7) is 2.49. The van der Waals surface area contributed by atoms with E-state index in [0.717, 1.165) is 0 Å². The van der Waals surface area contributed by atoms with Crippen molar-refractivity contribution in [1.82, 2.24) is 4.90 Å². The van der Waals surface area contributed by atoms with Crippen LogP contribution >= 0.6 is 0 Å². The summed E-state index contributed by atoms with van der Waals surface area (Å²) in [5.74, 6) is -0.0256. The standard InChI is InChI=1S/C7H17NO2/c1-6(5-9)7(10)4-8(2)3/h6-7,9-10H,4-5H2,1-3H3. The van der Waals surface area contributed by atoms with Gasteiger partial charge >= 0.3 is 0 Å². The minimum Gasteiger partial charge on any atom is -0.396 e. The van der Waals surface area contributed by atoms with E-state index in [9.17, 15) is 5.11 Å². The number of likely N-dealkylation sites (N-methyl/N-ethyl adjacent to an activating group) is 1. The predicted octanol–water partition coefficient (Wildman–Crippen LogP) is -0.463. The average molecular weight is 147 g/mol. The molecule has 0 aromatic rings. The molecule has 3 nitrogen and oxygen atoms in total. The van der Waals surface area contributed by atoms with Crippen molar-refractivity contribution in [3.63, 3.8) is 0 Å². The molecule has 0 aliphatic heterocycles. The molecule has 0 radical (unpaired) electrons. The minimum atomic E-state index is -0.417. The monoisotopic (exact) mass is 147 g/mol. The molecule has 2 unspecified atom stereocenters. The van der Waals surface area contributed by atoms with Gasteiger partial charge < -0.3 is 15.1 Å². The highest BCUT2D eigenvalue weighted by atomic mass is 16.3. The molecular formula is C7H17NO2. The number of nitrogens with zero attached hydrogens (tertiary/aromatic N) is 1. The van der Waals surface area contributed by atoms with E-state index >= 15 is 0 Å². The first-order valence-corrected chi connectivity index (χ1v) is 3.51. The van der Waals surface area contributed by atoms with Crippen molar-refractivity contribution in [3.8, 4) is 0 Å². The molecule has 2 atom stereocenters. The van der Waals surface area contributed by atoms with Gasteiger partial charge in [-0.15, -0.1) is 0 Å². The first-order valence-electron chi connectivity index (χ1n) is 3.51. The lowest BCUT2D eigenvalue weighted by atomic mass is 10.1. The maximum absolute atomic E-state index is 9.29. The van der Waals surface area contributed by atoms with Gasteiger partial charge in [0.05, 0.1) is 6.10 Å². The molecule has 0 saturated heterocycles. The molecule has 0 fully saturated rings. The fraction of sp³-hybridized carbons (Fsp3) is 1.00. The summed E-state index contributed by atoms with van der Waals surface area (Å²) in [7, 11) is 3.79. The smallest absolute Gasteiger partial charge is 0.0714 e. The van der Waals surface area contributed by atoms with Crippen LogP contribution in [0.5, 0.6) is 0 Å². The number of hydrogen-bond donors (Lipinski definition) is 2. The van der Waals surface area contributed by atoms with Crippen LogP contribution in [0.25, 0.3) is 0 Å². The van der Waals surface area contributed by atoms with Crippen molar-refractivity contribution < 1.29 is 10.2 Å². The number of aliphatic hydroxyl groups excluding tert-OH is 2. The Morgan fingerprint density at radius 3 is 2.20 bits per heavy atom. The van der Waals surface area contributed by atoms with Crippen molar-refractivity contribution in [3.05, 3.63) is 0 Å². The quantitative estimate of drug-likeness (QED) is 0.565. The van der Waals surface area contributed by atoms with E-state index in [4.69, 9.17) is 5.11 Å². The fourth-order valence-electron chi connectivity index (χ4n) is 0.676. The van der Waals surface area contributed by atoms with E-state index in [0.29, 0.717) is 6.54 Å². The van der Waals surface area contributed by atoms with Gasteiger partial charge in [0.15, 0.2) is 0 Å². The third-order valence-corrected chi connectivity index (χ3v) is 1.50. The summed E-state index contributed by atoms with van der Waals surface area (Å²) < 4.78 is 0. The van der Waals surface area contributed by atoms with Gasteiger partial charge in [0.2, 0.25) is 0 Å². The first kappa shape index (κ1) is 9.88. The summed E-state index contributed by atoms with van der Waals surface area (Å²) in [5.41, 5.74) is 0.